The van der Waals surface area contributed by atoms with Crippen molar-refractivity contribution in [3.63, 3.8) is 0 Å². The number of aromatic nitrogens is 3. The van der Waals surface area contributed by atoms with E-state index in [-0.39, 0.29) is 12.0 Å². The van der Waals surface area contributed by atoms with Gasteiger partial charge in [-0.2, -0.15) is 5.10 Å². The summed E-state index contributed by atoms with van der Waals surface area (Å²) in [5.41, 5.74) is 2.14. The first-order valence-corrected chi connectivity index (χ1v) is 9.07. The molecular formula is C20H22N4O3. The Morgan fingerprint density at radius 2 is 2.26 bits per heavy atom. The second kappa shape index (κ2) is 7.75. The molecule has 0 spiro atoms. The molecule has 4 rings (SSSR count). The fraction of sp³-hybridized carbons (Fsp3) is 0.350. The number of amides is 1. The molecule has 0 bridgehead atoms. The zero-order valence-electron chi connectivity index (χ0n) is 15.2. The molecule has 3 aromatic rings. The van der Waals surface area contributed by atoms with Gasteiger partial charge in [-0.25, -0.2) is 0 Å². The zero-order chi connectivity index (χ0) is 18.6. The summed E-state index contributed by atoms with van der Waals surface area (Å²) >= 11 is 0. The van der Waals surface area contributed by atoms with Gasteiger partial charge in [-0.1, -0.05) is 6.07 Å². The summed E-state index contributed by atoms with van der Waals surface area (Å²) in [6.07, 6.45) is 3.60. The molecule has 1 aromatic carbocycles. The number of piperidine rings is 1. The lowest BCUT2D eigenvalue weighted by Gasteiger charge is -2.32. The summed E-state index contributed by atoms with van der Waals surface area (Å²) in [5.74, 6) is 0.619. The molecular weight excluding hydrogens is 344 g/mol. The number of ether oxygens (including phenoxy) is 2. The van der Waals surface area contributed by atoms with E-state index in [2.05, 4.69) is 15.2 Å². The van der Waals surface area contributed by atoms with E-state index in [1.54, 1.807) is 13.3 Å². The second-order valence-corrected chi connectivity index (χ2v) is 6.63. The highest BCUT2D eigenvalue weighted by Crippen LogP contribution is 2.24. The van der Waals surface area contributed by atoms with Crippen molar-refractivity contribution in [3.05, 3.63) is 54.0 Å². The molecule has 0 radical (unpaired) electrons. The van der Waals surface area contributed by atoms with Crippen molar-refractivity contribution < 1.29 is 14.3 Å². The van der Waals surface area contributed by atoms with Crippen LogP contribution in [0.2, 0.25) is 0 Å². The molecule has 7 nitrogen and oxygen atoms in total. The molecule has 7 heteroatoms. The lowest BCUT2D eigenvalue weighted by Crippen LogP contribution is -2.43. The summed E-state index contributed by atoms with van der Waals surface area (Å²) in [4.78, 5) is 19.1. The van der Waals surface area contributed by atoms with Gasteiger partial charge < -0.3 is 14.4 Å². The average molecular weight is 366 g/mol. The summed E-state index contributed by atoms with van der Waals surface area (Å²) in [6.45, 7) is 1.72. The number of aromatic amines is 1. The zero-order valence-corrected chi connectivity index (χ0v) is 15.2. The Morgan fingerprint density at radius 1 is 1.33 bits per heavy atom. The number of carbonyl (C=O) groups is 1. The van der Waals surface area contributed by atoms with Crippen LogP contribution in [0.25, 0.3) is 10.9 Å². The van der Waals surface area contributed by atoms with E-state index >= 15 is 0 Å². The smallest absolute Gasteiger partial charge is 0.275 e. The Labute approximate surface area is 157 Å². The molecule has 1 saturated heterocycles. The van der Waals surface area contributed by atoms with Gasteiger partial charge in [0.05, 0.1) is 31.0 Å². The first kappa shape index (κ1) is 17.5. The van der Waals surface area contributed by atoms with Crippen LogP contribution in [0.5, 0.6) is 5.75 Å². The minimum absolute atomic E-state index is 0.00412. The molecule has 1 fully saturated rings. The third-order valence-corrected chi connectivity index (χ3v) is 4.83. The van der Waals surface area contributed by atoms with Gasteiger partial charge in [0.1, 0.15) is 5.75 Å². The minimum Gasteiger partial charge on any atom is -0.497 e. The van der Waals surface area contributed by atoms with E-state index in [4.69, 9.17) is 9.47 Å². The fourth-order valence-corrected chi connectivity index (χ4v) is 3.38. The summed E-state index contributed by atoms with van der Waals surface area (Å²) in [5, 5.41) is 7.94. The summed E-state index contributed by atoms with van der Waals surface area (Å²) in [6, 6.07) is 11.3. The number of H-pyrrole nitrogens is 1. The monoisotopic (exact) mass is 366 g/mol. The van der Waals surface area contributed by atoms with E-state index in [9.17, 15) is 4.79 Å². The number of likely N-dealkylation sites (tertiary alicyclic amines) is 1. The van der Waals surface area contributed by atoms with Gasteiger partial charge in [-0.05, 0) is 43.2 Å². The van der Waals surface area contributed by atoms with Gasteiger partial charge >= 0.3 is 0 Å². The number of rotatable bonds is 5. The molecule has 27 heavy (non-hydrogen) atoms. The van der Waals surface area contributed by atoms with Crippen LogP contribution in [0.1, 0.15) is 29.0 Å². The molecule has 1 N–H and O–H groups in total. The number of nitrogens with zero attached hydrogens (tertiary/aromatic N) is 3. The van der Waals surface area contributed by atoms with Crippen LogP contribution in [-0.4, -0.2) is 52.3 Å². The number of hydrogen-bond acceptors (Lipinski definition) is 5. The SMILES string of the molecule is COc1ccc2[nH]nc(C(=O)N3CCC[C@H](OCc4ccccn4)C3)c2c1. The van der Waals surface area contributed by atoms with Crippen LogP contribution >= 0.6 is 0 Å². The predicted octanol–water partition coefficient (Wildman–Crippen LogP) is 2.79. The standard InChI is InChI=1S/C20H22N4O3/c1-26-15-7-8-18-17(11-15)19(23-22-18)20(25)24-10-4-6-16(12-24)27-13-14-5-2-3-9-21-14/h2-3,5,7-9,11,16H,4,6,10,12-13H2,1H3,(H,22,23)/t16-/m0/s1. The van der Waals surface area contributed by atoms with E-state index in [1.165, 1.54) is 0 Å². The Hall–Kier alpha value is -2.93. The van der Waals surface area contributed by atoms with Gasteiger partial charge in [0.25, 0.3) is 5.91 Å². The van der Waals surface area contributed by atoms with Gasteiger partial charge in [0.2, 0.25) is 0 Å². The first-order chi connectivity index (χ1) is 13.2. The van der Waals surface area contributed by atoms with Crippen LogP contribution in [0.3, 0.4) is 0 Å². The van der Waals surface area contributed by atoms with Crippen molar-refractivity contribution in [2.45, 2.75) is 25.6 Å². The number of benzene rings is 1. The van der Waals surface area contributed by atoms with Crippen molar-refractivity contribution in [1.82, 2.24) is 20.1 Å². The number of hydrogen-bond donors (Lipinski definition) is 1. The van der Waals surface area contributed by atoms with Gasteiger partial charge in [0.15, 0.2) is 5.69 Å². The number of pyridine rings is 1. The molecule has 3 heterocycles. The quantitative estimate of drug-likeness (QED) is 0.751. The molecule has 1 aliphatic heterocycles. The summed E-state index contributed by atoms with van der Waals surface area (Å²) in [7, 11) is 1.61. The molecule has 1 atom stereocenters. The molecule has 0 unspecified atom stereocenters. The largest absolute Gasteiger partial charge is 0.497 e. The molecule has 1 aliphatic rings. The van der Waals surface area contributed by atoms with Crippen LogP contribution in [0, 0.1) is 0 Å². The van der Waals surface area contributed by atoms with E-state index in [0.29, 0.717) is 31.1 Å². The predicted molar refractivity (Wildman–Crippen MR) is 101 cm³/mol. The highest BCUT2D eigenvalue weighted by Gasteiger charge is 2.27. The van der Waals surface area contributed by atoms with E-state index in [0.717, 1.165) is 29.4 Å². The van der Waals surface area contributed by atoms with Gasteiger partial charge in [0, 0.05) is 24.7 Å². The maximum atomic E-state index is 13.0. The topological polar surface area (TPSA) is 80.3 Å². The van der Waals surface area contributed by atoms with Gasteiger partial charge in [-0.15, -0.1) is 0 Å². The van der Waals surface area contributed by atoms with Crippen molar-refractivity contribution in [2.75, 3.05) is 20.2 Å². The van der Waals surface area contributed by atoms with Crippen LogP contribution in [0.15, 0.2) is 42.6 Å². The van der Waals surface area contributed by atoms with Crippen molar-refractivity contribution in [1.29, 1.82) is 0 Å². The highest BCUT2D eigenvalue weighted by atomic mass is 16.5. The maximum absolute atomic E-state index is 13.0. The average Bonchev–Trinajstić information content (AvgIpc) is 3.15. The maximum Gasteiger partial charge on any atom is 0.275 e. The van der Waals surface area contributed by atoms with Crippen molar-refractivity contribution in [2.24, 2.45) is 0 Å². The number of fused-ring (bicyclic) bond motifs is 1. The molecule has 1 amide bonds. The van der Waals surface area contributed by atoms with Crippen molar-refractivity contribution in [3.8, 4) is 5.75 Å². The van der Waals surface area contributed by atoms with E-state index in [1.807, 2.05) is 41.3 Å². The second-order valence-electron chi connectivity index (χ2n) is 6.63. The molecule has 0 aliphatic carbocycles. The Bertz CT molecular complexity index is 925. The van der Waals surface area contributed by atoms with E-state index < -0.39 is 0 Å². The Kier molecular flexibility index (Phi) is 5.02. The number of methoxy groups -OCH3 is 1. The third-order valence-electron chi connectivity index (χ3n) is 4.83. The van der Waals surface area contributed by atoms with Crippen molar-refractivity contribution >= 4 is 16.8 Å². The summed E-state index contributed by atoms with van der Waals surface area (Å²) < 4.78 is 11.3. The number of carbonyl (C=O) groups excluding carboxylic acids is 1. The lowest BCUT2D eigenvalue weighted by atomic mass is 10.1. The Balaban J connectivity index is 1.45. The van der Waals surface area contributed by atoms with Crippen LogP contribution in [0.4, 0.5) is 0 Å². The normalized spacial score (nSPS) is 17.2. The van der Waals surface area contributed by atoms with Gasteiger partial charge in [-0.3, -0.25) is 14.9 Å². The van der Waals surface area contributed by atoms with Crippen LogP contribution < -0.4 is 4.74 Å². The molecule has 2 aromatic heterocycles. The lowest BCUT2D eigenvalue weighted by molar-refractivity contribution is -0.00795. The molecule has 0 saturated carbocycles. The fourth-order valence-electron chi connectivity index (χ4n) is 3.38. The minimum atomic E-state index is -0.0827. The van der Waals surface area contributed by atoms with Crippen LogP contribution in [-0.2, 0) is 11.3 Å². The first-order valence-electron chi connectivity index (χ1n) is 9.07. The molecule has 140 valence electrons. The highest BCUT2D eigenvalue weighted by molar-refractivity contribution is 6.05. The third kappa shape index (κ3) is 3.78. The Morgan fingerprint density at radius 3 is 3.07 bits per heavy atom. The number of nitrogens with one attached hydrogen (secondary N) is 1.